The number of aryl methyl sites for hydroxylation is 1. The molecule has 1 atom stereocenters. The van der Waals surface area contributed by atoms with Gasteiger partial charge in [0.1, 0.15) is 17.0 Å². The molecule has 1 aromatic carbocycles. The van der Waals surface area contributed by atoms with Crippen LogP contribution in [0.15, 0.2) is 18.3 Å². The van der Waals surface area contributed by atoms with E-state index in [1.165, 1.54) is 12.5 Å². The zero-order valence-corrected chi connectivity index (χ0v) is 26.0. The van der Waals surface area contributed by atoms with Crippen molar-refractivity contribution in [3.63, 3.8) is 0 Å². The van der Waals surface area contributed by atoms with E-state index in [1.807, 2.05) is 25.3 Å². The monoisotopic (exact) mass is 616 g/mol. The number of nitrogens with zero attached hydrogens (tertiary/aromatic N) is 6. The molecule has 3 aliphatic heterocycles. The Bertz CT molecular complexity index is 1560. The smallest absolute Gasteiger partial charge is 0.223 e. The summed E-state index contributed by atoms with van der Waals surface area (Å²) in [7, 11) is -3.37. The van der Waals surface area contributed by atoms with Crippen LogP contribution in [-0.2, 0) is 10.0 Å². The fraction of sp³-hybridized carbons (Fsp3) is 0.633. The van der Waals surface area contributed by atoms with Crippen LogP contribution in [0.4, 0.5) is 14.7 Å². The first kappa shape index (κ1) is 30.3. The second-order valence-electron chi connectivity index (χ2n) is 12.6. The van der Waals surface area contributed by atoms with E-state index in [-0.39, 0.29) is 34.5 Å². The Labute approximate surface area is 252 Å². The molecule has 234 valence electrons. The quantitative estimate of drug-likeness (QED) is 0.392. The van der Waals surface area contributed by atoms with E-state index in [1.54, 1.807) is 10.4 Å². The van der Waals surface area contributed by atoms with Crippen molar-refractivity contribution in [2.24, 2.45) is 5.92 Å². The van der Waals surface area contributed by atoms with Crippen molar-refractivity contribution >= 4 is 27.0 Å². The summed E-state index contributed by atoms with van der Waals surface area (Å²) in [6.45, 7) is 11.5. The highest BCUT2D eigenvalue weighted by atomic mass is 32.2. The van der Waals surface area contributed by atoms with Crippen LogP contribution in [0.5, 0.6) is 0 Å². The summed E-state index contributed by atoms with van der Waals surface area (Å²) in [6.07, 6.45) is 4.83. The number of fused-ring (bicyclic) bond motifs is 1. The normalized spacial score (nSPS) is 21.8. The topological polar surface area (TPSA) is 108 Å². The highest BCUT2D eigenvalue weighted by molar-refractivity contribution is 7.89. The molecule has 3 saturated heterocycles. The fourth-order valence-corrected chi connectivity index (χ4v) is 8.92. The molecule has 43 heavy (non-hydrogen) atoms. The van der Waals surface area contributed by atoms with Crippen LogP contribution in [0.2, 0.25) is 0 Å². The van der Waals surface area contributed by atoms with E-state index in [2.05, 4.69) is 30.5 Å². The minimum absolute atomic E-state index is 0.00279. The van der Waals surface area contributed by atoms with Crippen LogP contribution in [0.1, 0.15) is 57.8 Å². The number of aromatic nitrogens is 4. The molecule has 0 spiro atoms. The Morgan fingerprint density at radius 1 is 1.02 bits per heavy atom. The molecule has 2 N–H and O–H groups in total. The number of benzene rings is 1. The molecule has 0 saturated carbocycles. The maximum atomic E-state index is 15.0. The van der Waals surface area contributed by atoms with Gasteiger partial charge in [0, 0.05) is 37.3 Å². The Balaban J connectivity index is 1.08. The second kappa shape index (κ2) is 12.3. The molecule has 6 rings (SSSR count). The van der Waals surface area contributed by atoms with Crippen molar-refractivity contribution in [3.8, 4) is 11.3 Å². The van der Waals surface area contributed by atoms with Crippen LogP contribution in [-0.4, -0.2) is 94.2 Å². The van der Waals surface area contributed by atoms with Crippen molar-refractivity contribution in [1.29, 1.82) is 0 Å². The van der Waals surface area contributed by atoms with Gasteiger partial charge in [0.15, 0.2) is 11.6 Å². The zero-order chi connectivity index (χ0) is 30.3. The van der Waals surface area contributed by atoms with Crippen LogP contribution < -0.4 is 10.6 Å². The highest BCUT2D eigenvalue weighted by Crippen LogP contribution is 2.31. The molecule has 0 radical (unpaired) electrons. The third kappa shape index (κ3) is 6.27. The molecule has 3 fully saturated rings. The largest absolute Gasteiger partial charge is 0.351 e. The lowest BCUT2D eigenvalue weighted by Gasteiger charge is -2.37. The lowest BCUT2D eigenvalue weighted by molar-refractivity contribution is 0.198. The van der Waals surface area contributed by atoms with Crippen LogP contribution in [0.25, 0.3) is 22.3 Å². The first-order chi connectivity index (χ1) is 20.6. The molecule has 0 amide bonds. The zero-order valence-electron chi connectivity index (χ0n) is 25.2. The molecular formula is C30H42F2N8O2S. The van der Waals surface area contributed by atoms with Crippen molar-refractivity contribution in [2.75, 3.05) is 51.1 Å². The number of rotatable bonds is 8. The number of sulfonamides is 1. The highest BCUT2D eigenvalue weighted by Gasteiger charge is 2.37. The van der Waals surface area contributed by atoms with E-state index in [9.17, 15) is 12.8 Å². The van der Waals surface area contributed by atoms with E-state index in [4.69, 9.17) is 0 Å². The maximum absolute atomic E-state index is 15.0. The lowest BCUT2D eigenvalue weighted by Crippen LogP contribution is -2.49. The van der Waals surface area contributed by atoms with Gasteiger partial charge in [-0.2, -0.15) is 0 Å². The van der Waals surface area contributed by atoms with Gasteiger partial charge < -0.3 is 20.1 Å². The first-order valence-corrected chi connectivity index (χ1v) is 17.0. The summed E-state index contributed by atoms with van der Waals surface area (Å²) in [4.78, 5) is 15.3. The summed E-state index contributed by atoms with van der Waals surface area (Å²) in [5, 5.41) is 6.34. The van der Waals surface area contributed by atoms with Gasteiger partial charge in [0.2, 0.25) is 16.0 Å². The second-order valence-corrected chi connectivity index (χ2v) is 14.8. The average Bonchev–Trinajstić information content (AvgIpc) is 3.62. The van der Waals surface area contributed by atoms with Crippen molar-refractivity contribution < 1.29 is 17.2 Å². The molecular weight excluding hydrogens is 574 g/mol. The standard InChI is InChI=1S/C30H42F2N8O2S/c1-19(2)40-20(3)35-29-25(31)14-22(15-27(29)40)28-26(32)17-34-30(37-28)36-23-5-12-39(13-6-23)43(41,42)24-7-10-38(11-8-24)18-21-4-9-33-16-21/h14-15,17,19,21,23-24,33H,4-13,16,18H2,1-3H3,(H,34,36,37). The molecule has 0 bridgehead atoms. The molecule has 10 nitrogen and oxygen atoms in total. The minimum atomic E-state index is -3.37. The molecule has 0 aliphatic carbocycles. The summed E-state index contributed by atoms with van der Waals surface area (Å²) in [5.74, 6) is 0.403. The third-order valence-electron chi connectivity index (χ3n) is 9.24. The number of anilines is 1. The molecule has 1 unspecified atom stereocenters. The summed E-state index contributed by atoms with van der Waals surface area (Å²) in [6, 6.07) is 2.96. The minimum Gasteiger partial charge on any atom is -0.351 e. The molecule has 3 aliphatic rings. The van der Waals surface area contributed by atoms with Gasteiger partial charge in [-0.05, 0) is 97.1 Å². The molecule has 13 heteroatoms. The van der Waals surface area contributed by atoms with Crippen molar-refractivity contribution in [3.05, 3.63) is 35.8 Å². The predicted octanol–water partition coefficient (Wildman–Crippen LogP) is 3.94. The van der Waals surface area contributed by atoms with Gasteiger partial charge in [-0.3, -0.25) is 0 Å². The summed E-state index contributed by atoms with van der Waals surface area (Å²) in [5.41, 5.74) is 1.14. The predicted molar refractivity (Wildman–Crippen MR) is 163 cm³/mol. The van der Waals surface area contributed by atoms with E-state index in [0.29, 0.717) is 61.6 Å². The number of hydrogen-bond acceptors (Lipinski definition) is 8. The SMILES string of the molecule is Cc1nc2c(F)cc(-c3nc(NC4CCN(S(=O)(=O)C5CCN(CC6CCNC6)CC5)CC4)ncc3F)cc2n1C(C)C. The van der Waals surface area contributed by atoms with Gasteiger partial charge >= 0.3 is 0 Å². The van der Waals surface area contributed by atoms with E-state index < -0.39 is 21.7 Å². The maximum Gasteiger partial charge on any atom is 0.223 e. The van der Waals surface area contributed by atoms with E-state index in [0.717, 1.165) is 38.9 Å². The Hall–Kier alpha value is -2.74. The third-order valence-corrected chi connectivity index (χ3v) is 11.6. The summed E-state index contributed by atoms with van der Waals surface area (Å²) >= 11 is 0. The summed E-state index contributed by atoms with van der Waals surface area (Å²) < 4.78 is 60.5. The van der Waals surface area contributed by atoms with Gasteiger partial charge in [-0.15, -0.1) is 0 Å². The molecule has 3 aromatic rings. The van der Waals surface area contributed by atoms with Gasteiger partial charge in [0.05, 0.1) is 17.0 Å². The average molecular weight is 617 g/mol. The van der Waals surface area contributed by atoms with Gasteiger partial charge in [-0.25, -0.2) is 36.5 Å². The van der Waals surface area contributed by atoms with Crippen LogP contribution >= 0.6 is 0 Å². The van der Waals surface area contributed by atoms with Crippen LogP contribution in [0.3, 0.4) is 0 Å². The number of imidazole rings is 1. The lowest BCUT2D eigenvalue weighted by atomic mass is 10.1. The van der Waals surface area contributed by atoms with Gasteiger partial charge in [-0.1, -0.05) is 0 Å². The Kier molecular flexibility index (Phi) is 8.69. The Morgan fingerprint density at radius 2 is 1.77 bits per heavy atom. The molecule has 5 heterocycles. The number of halogens is 2. The molecule has 2 aromatic heterocycles. The van der Waals surface area contributed by atoms with Gasteiger partial charge in [0.25, 0.3) is 0 Å². The first-order valence-electron chi connectivity index (χ1n) is 15.5. The number of piperidine rings is 2. The van der Waals surface area contributed by atoms with Crippen molar-refractivity contribution in [2.45, 2.75) is 70.2 Å². The Morgan fingerprint density at radius 3 is 2.44 bits per heavy atom. The van der Waals surface area contributed by atoms with Crippen molar-refractivity contribution in [1.82, 2.24) is 34.0 Å². The van der Waals surface area contributed by atoms with Crippen LogP contribution in [0, 0.1) is 24.5 Å². The number of nitrogens with one attached hydrogen (secondary N) is 2. The van der Waals surface area contributed by atoms with E-state index >= 15 is 4.39 Å². The number of likely N-dealkylation sites (tertiary alicyclic amines) is 1. The fourth-order valence-electron chi connectivity index (χ4n) is 6.97. The number of hydrogen-bond donors (Lipinski definition) is 2.